The minimum atomic E-state index is -2.86. The predicted molar refractivity (Wildman–Crippen MR) is 126 cm³/mol. The monoisotopic (exact) mass is 484 g/mol. The van der Waals surface area contributed by atoms with Crippen molar-refractivity contribution in [1.29, 1.82) is 0 Å². The third-order valence-electron chi connectivity index (χ3n) is 5.77. The van der Waals surface area contributed by atoms with Crippen molar-refractivity contribution < 1.29 is 28.2 Å². The summed E-state index contributed by atoms with van der Waals surface area (Å²) >= 11 is 0. The lowest BCUT2D eigenvalue weighted by Crippen LogP contribution is -2.38. The maximum atomic E-state index is 12.3. The fraction of sp³-hybridized carbons (Fsp3) is 0.320. The topological polar surface area (TPSA) is 96.8 Å². The molecule has 4 rings (SSSR count). The number of piperidine rings is 1. The summed E-state index contributed by atoms with van der Waals surface area (Å²) in [5.74, 6) is 0.260. The van der Waals surface area contributed by atoms with Crippen LogP contribution >= 0.6 is 0 Å². The molecule has 3 aromatic rings. The van der Waals surface area contributed by atoms with Gasteiger partial charge in [-0.3, -0.25) is 9.69 Å². The lowest BCUT2D eigenvalue weighted by Gasteiger charge is -2.29. The minimum absolute atomic E-state index is 0.0906. The van der Waals surface area contributed by atoms with E-state index in [-0.39, 0.29) is 11.7 Å². The summed E-state index contributed by atoms with van der Waals surface area (Å²) < 4.78 is 34.8. The second-order valence-corrected chi connectivity index (χ2v) is 8.15. The Hall–Kier alpha value is -3.79. The highest BCUT2D eigenvalue weighted by Crippen LogP contribution is 2.24. The van der Waals surface area contributed by atoms with Crippen molar-refractivity contribution in [2.45, 2.75) is 19.5 Å². The van der Waals surface area contributed by atoms with Crippen LogP contribution in [0.15, 0.2) is 60.9 Å². The summed E-state index contributed by atoms with van der Waals surface area (Å²) in [7, 11) is 0. The van der Waals surface area contributed by atoms with Crippen LogP contribution in [-0.2, 0) is 4.79 Å². The Balaban J connectivity index is 1.27. The van der Waals surface area contributed by atoms with Gasteiger partial charge in [-0.05, 0) is 55.8 Å². The average Bonchev–Trinajstić information content (AvgIpc) is 2.85. The molecule has 0 radical (unpaired) electrons. The summed E-state index contributed by atoms with van der Waals surface area (Å²) in [5, 5.41) is 12.2. The number of anilines is 2. The molecule has 0 aliphatic carbocycles. The van der Waals surface area contributed by atoms with Crippen LogP contribution in [0.4, 0.5) is 20.4 Å². The molecule has 1 saturated heterocycles. The zero-order valence-electron chi connectivity index (χ0n) is 18.9. The zero-order valence-corrected chi connectivity index (χ0v) is 18.9. The highest BCUT2D eigenvalue weighted by atomic mass is 19.3. The number of rotatable bonds is 10. The first-order valence-corrected chi connectivity index (χ1v) is 11.3. The fourth-order valence-electron chi connectivity index (χ4n) is 3.86. The molecule has 1 fully saturated rings. The van der Waals surface area contributed by atoms with Crippen LogP contribution < -0.4 is 14.8 Å². The van der Waals surface area contributed by atoms with Gasteiger partial charge in [-0.2, -0.15) is 8.78 Å². The van der Waals surface area contributed by atoms with Gasteiger partial charge >= 0.3 is 12.6 Å². The summed E-state index contributed by atoms with van der Waals surface area (Å²) in [5.41, 5.74) is 2.29. The molecule has 0 unspecified atom stereocenters. The van der Waals surface area contributed by atoms with E-state index in [1.54, 1.807) is 24.5 Å². The summed E-state index contributed by atoms with van der Waals surface area (Å²) in [6, 6.07) is 13.7. The van der Waals surface area contributed by atoms with Crippen molar-refractivity contribution in [3.05, 3.63) is 60.9 Å². The zero-order chi connectivity index (χ0) is 24.6. The molecule has 1 aliphatic heterocycles. The molecule has 0 spiro atoms. The minimum Gasteiger partial charge on any atom is -0.492 e. The van der Waals surface area contributed by atoms with Crippen LogP contribution in [0.2, 0.25) is 0 Å². The van der Waals surface area contributed by atoms with Gasteiger partial charge in [0, 0.05) is 36.3 Å². The largest absolute Gasteiger partial charge is 0.492 e. The second kappa shape index (κ2) is 11.6. The van der Waals surface area contributed by atoms with Crippen LogP contribution in [0, 0.1) is 5.92 Å². The van der Waals surface area contributed by atoms with Crippen molar-refractivity contribution in [2.75, 3.05) is 31.6 Å². The van der Waals surface area contributed by atoms with E-state index in [2.05, 4.69) is 24.9 Å². The van der Waals surface area contributed by atoms with Crippen molar-refractivity contribution >= 4 is 17.6 Å². The number of aliphatic carboxylic acids is 1. The summed E-state index contributed by atoms with van der Waals surface area (Å²) in [6.07, 6.45) is 4.64. The number of halogens is 2. The number of carboxylic acid groups (broad SMARTS) is 1. The molecule has 0 atom stereocenters. The highest BCUT2D eigenvalue weighted by molar-refractivity contribution is 5.70. The molecule has 2 heterocycles. The number of benzene rings is 2. The molecule has 2 aromatic carbocycles. The molecule has 8 nitrogen and oxygen atoms in total. The number of nitrogens with one attached hydrogen (secondary N) is 1. The highest BCUT2D eigenvalue weighted by Gasteiger charge is 2.24. The normalized spacial score (nSPS) is 14.6. The Morgan fingerprint density at radius 3 is 2.43 bits per heavy atom. The quantitative estimate of drug-likeness (QED) is 0.429. The Bertz CT molecular complexity index is 1110. The number of alkyl halides is 2. The SMILES string of the molecule is O=C(O)C1CCN(CCOc2cccc(Nc3ncc(-c4ccc(OC(F)F)cc4)cn3)c2)CC1. The van der Waals surface area contributed by atoms with Crippen molar-refractivity contribution in [2.24, 2.45) is 5.92 Å². The maximum Gasteiger partial charge on any atom is 0.387 e. The van der Waals surface area contributed by atoms with E-state index >= 15 is 0 Å². The van der Waals surface area contributed by atoms with Gasteiger partial charge in [0.1, 0.15) is 18.1 Å². The molecule has 0 bridgehead atoms. The van der Waals surface area contributed by atoms with E-state index < -0.39 is 12.6 Å². The number of carbonyl (C=O) groups is 1. The van der Waals surface area contributed by atoms with Gasteiger partial charge in [0.05, 0.1) is 5.92 Å². The van der Waals surface area contributed by atoms with Crippen molar-refractivity contribution in [3.63, 3.8) is 0 Å². The molecular formula is C25H26F2N4O4. The van der Waals surface area contributed by atoms with Crippen LogP contribution in [0.3, 0.4) is 0 Å². The van der Waals surface area contributed by atoms with Crippen LogP contribution in [0.1, 0.15) is 12.8 Å². The lowest BCUT2D eigenvalue weighted by molar-refractivity contribution is -0.143. The van der Waals surface area contributed by atoms with E-state index in [1.807, 2.05) is 24.3 Å². The van der Waals surface area contributed by atoms with E-state index in [4.69, 9.17) is 9.84 Å². The number of likely N-dealkylation sites (tertiary alicyclic amines) is 1. The van der Waals surface area contributed by atoms with Gasteiger partial charge in [-0.1, -0.05) is 18.2 Å². The fourth-order valence-corrected chi connectivity index (χ4v) is 3.86. The van der Waals surface area contributed by atoms with E-state index in [9.17, 15) is 13.6 Å². The maximum absolute atomic E-state index is 12.3. The smallest absolute Gasteiger partial charge is 0.387 e. The molecule has 10 heteroatoms. The Morgan fingerprint density at radius 2 is 1.77 bits per heavy atom. The first kappa shape index (κ1) is 24.3. The number of carboxylic acids is 1. The first-order chi connectivity index (χ1) is 17.0. The Kier molecular flexibility index (Phi) is 8.04. The van der Waals surface area contributed by atoms with Gasteiger partial charge < -0.3 is 19.9 Å². The van der Waals surface area contributed by atoms with E-state index in [1.165, 1.54) is 12.1 Å². The average molecular weight is 485 g/mol. The second-order valence-electron chi connectivity index (χ2n) is 8.15. The van der Waals surface area contributed by atoms with Gasteiger partial charge in [-0.15, -0.1) is 0 Å². The lowest BCUT2D eigenvalue weighted by atomic mass is 9.97. The Morgan fingerprint density at radius 1 is 1.06 bits per heavy atom. The van der Waals surface area contributed by atoms with E-state index in [0.29, 0.717) is 31.1 Å². The standard InChI is InChI=1S/C25H26F2N4O4/c26-24(27)35-21-6-4-17(5-7-21)19-15-28-25(29-16-19)30-20-2-1-3-22(14-20)34-13-12-31-10-8-18(9-11-31)23(32)33/h1-7,14-16,18,24H,8-13H2,(H,32,33)(H,28,29,30). The van der Waals surface area contributed by atoms with Gasteiger partial charge in [-0.25, -0.2) is 9.97 Å². The number of hydrogen-bond acceptors (Lipinski definition) is 7. The molecule has 0 amide bonds. The van der Waals surface area contributed by atoms with Crippen LogP contribution in [0.5, 0.6) is 11.5 Å². The molecule has 1 aliphatic rings. The molecule has 184 valence electrons. The summed E-state index contributed by atoms with van der Waals surface area (Å²) in [4.78, 5) is 21.9. The third kappa shape index (κ3) is 7.10. The van der Waals surface area contributed by atoms with Crippen LogP contribution in [0.25, 0.3) is 11.1 Å². The number of ether oxygens (including phenoxy) is 2. The van der Waals surface area contributed by atoms with Crippen molar-refractivity contribution in [3.8, 4) is 22.6 Å². The number of aromatic nitrogens is 2. The van der Waals surface area contributed by atoms with Crippen LogP contribution in [-0.4, -0.2) is 58.8 Å². The van der Waals surface area contributed by atoms with Gasteiger partial charge in [0.25, 0.3) is 0 Å². The Labute approximate surface area is 201 Å². The molecular weight excluding hydrogens is 458 g/mol. The molecule has 2 N–H and O–H groups in total. The summed E-state index contributed by atoms with van der Waals surface area (Å²) in [6.45, 7) is -0.0787. The number of nitrogens with zero attached hydrogens (tertiary/aromatic N) is 3. The first-order valence-electron chi connectivity index (χ1n) is 11.3. The van der Waals surface area contributed by atoms with Gasteiger partial charge in [0.15, 0.2) is 0 Å². The van der Waals surface area contributed by atoms with Crippen molar-refractivity contribution in [1.82, 2.24) is 14.9 Å². The third-order valence-corrected chi connectivity index (χ3v) is 5.77. The molecule has 1 aromatic heterocycles. The molecule has 0 saturated carbocycles. The van der Waals surface area contributed by atoms with Gasteiger partial charge in [0.2, 0.25) is 5.95 Å². The van der Waals surface area contributed by atoms with E-state index in [0.717, 1.165) is 36.4 Å². The molecule has 35 heavy (non-hydrogen) atoms. The number of hydrogen-bond donors (Lipinski definition) is 2. The predicted octanol–water partition coefficient (Wildman–Crippen LogP) is 4.66.